The number of nitrogens with zero attached hydrogens (tertiary/aromatic N) is 1. The molecule has 4 nitrogen and oxygen atoms in total. The van der Waals surface area contributed by atoms with Crippen molar-refractivity contribution >= 4 is 57.7 Å². The molecule has 0 spiro atoms. The van der Waals surface area contributed by atoms with Gasteiger partial charge in [-0.05, 0) is 54.6 Å². The summed E-state index contributed by atoms with van der Waals surface area (Å²) in [6.45, 7) is 0. The molecule has 140 valence electrons. The average Bonchev–Trinajstić information content (AvgIpc) is 3.13. The minimum atomic E-state index is -0.156. The predicted molar refractivity (Wildman–Crippen MR) is 115 cm³/mol. The molecular weight excluding hydrogens is 415 g/mol. The van der Waals surface area contributed by atoms with Crippen LogP contribution in [0.4, 0.5) is 5.69 Å². The first-order chi connectivity index (χ1) is 13.6. The number of fused-ring (bicyclic) bond motifs is 1. The fourth-order valence-electron chi connectivity index (χ4n) is 2.62. The number of nitrogens with one attached hydrogen (secondary N) is 1. The average molecular weight is 429 g/mol. The highest BCUT2D eigenvalue weighted by molar-refractivity contribution is 8.00. The highest BCUT2D eigenvalue weighted by Crippen LogP contribution is 2.30. The van der Waals surface area contributed by atoms with Crippen LogP contribution in [0.5, 0.6) is 0 Å². The molecule has 0 atom stereocenters. The van der Waals surface area contributed by atoms with Gasteiger partial charge < -0.3 is 9.73 Å². The van der Waals surface area contributed by atoms with Gasteiger partial charge in [0.25, 0.3) is 0 Å². The highest BCUT2D eigenvalue weighted by Gasteiger charge is 2.12. The Balaban J connectivity index is 1.49. The Labute approximate surface area is 175 Å². The molecule has 28 heavy (non-hydrogen) atoms. The van der Waals surface area contributed by atoms with Crippen molar-refractivity contribution in [2.24, 2.45) is 0 Å². The molecule has 0 aliphatic heterocycles. The predicted octanol–water partition coefficient (Wildman–Crippen LogP) is 6.53. The van der Waals surface area contributed by atoms with Crippen molar-refractivity contribution in [2.75, 3.05) is 11.1 Å². The maximum atomic E-state index is 12.3. The van der Waals surface area contributed by atoms with E-state index in [-0.39, 0.29) is 11.7 Å². The summed E-state index contributed by atoms with van der Waals surface area (Å²) in [5.74, 6) is 0.575. The van der Waals surface area contributed by atoms with Gasteiger partial charge >= 0.3 is 0 Å². The van der Waals surface area contributed by atoms with E-state index >= 15 is 0 Å². The van der Waals surface area contributed by atoms with E-state index in [0.717, 1.165) is 16.0 Å². The molecule has 1 amide bonds. The number of halogens is 2. The summed E-state index contributed by atoms with van der Waals surface area (Å²) in [4.78, 5) is 17.8. The van der Waals surface area contributed by atoms with Crippen molar-refractivity contribution in [3.05, 3.63) is 76.8 Å². The van der Waals surface area contributed by atoms with Gasteiger partial charge in [-0.15, -0.1) is 11.8 Å². The van der Waals surface area contributed by atoms with E-state index in [9.17, 15) is 4.79 Å². The van der Waals surface area contributed by atoms with Crippen LogP contribution in [0.25, 0.3) is 22.6 Å². The summed E-state index contributed by atoms with van der Waals surface area (Å²) in [6, 6.07) is 20.2. The quantitative estimate of drug-likeness (QED) is 0.367. The number of carbonyl (C=O) groups excluding carboxylic acids is 1. The van der Waals surface area contributed by atoms with E-state index in [0.29, 0.717) is 27.2 Å². The molecule has 1 aromatic heterocycles. The van der Waals surface area contributed by atoms with Crippen molar-refractivity contribution in [1.29, 1.82) is 0 Å². The molecule has 7 heteroatoms. The second-order valence-electron chi connectivity index (χ2n) is 5.97. The van der Waals surface area contributed by atoms with Crippen LogP contribution in [0.15, 0.2) is 76.0 Å². The second-order valence-corrected chi connectivity index (χ2v) is 7.86. The Morgan fingerprint density at radius 1 is 1.04 bits per heavy atom. The van der Waals surface area contributed by atoms with Crippen LogP contribution in [-0.2, 0) is 4.79 Å². The fourth-order valence-corrected chi connectivity index (χ4v) is 3.61. The van der Waals surface area contributed by atoms with Crippen LogP contribution < -0.4 is 5.32 Å². The molecule has 0 aliphatic rings. The Hall–Kier alpha value is -2.47. The first-order valence-corrected chi connectivity index (χ1v) is 10.2. The first-order valence-electron chi connectivity index (χ1n) is 8.42. The van der Waals surface area contributed by atoms with E-state index in [1.165, 1.54) is 11.8 Å². The number of amides is 1. The summed E-state index contributed by atoms with van der Waals surface area (Å²) >= 11 is 13.5. The van der Waals surface area contributed by atoms with Crippen LogP contribution in [0.3, 0.4) is 0 Å². The lowest BCUT2D eigenvalue weighted by Crippen LogP contribution is -2.14. The van der Waals surface area contributed by atoms with Crippen molar-refractivity contribution < 1.29 is 9.21 Å². The molecule has 0 aliphatic carbocycles. The summed E-state index contributed by atoms with van der Waals surface area (Å²) in [6.07, 6.45) is 0. The number of thioether (sulfide) groups is 1. The number of rotatable bonds is 5. The van der Waals surface area contributed by atoms with E-state index in [4.69, 9.17) is 27.6 Å². The third-order valence-electron chi connectivity index (χ3n) is 3.96. The number of hydrogen-bond acceptors (Lipinski definition) is 4. The zero-order chi connectivity index (χ0) is 19.5. The topological polar surface area (TPSA) is 55.1 Å². The number of aromatic nitrogens is 1. The van der Waals surface area contributed by atoms with Crippen LogP contribution in [0.1, 0.15) is 0 Å². The van der Waals surface area contributed by atoms with Crippen molar-refractivity contribution in [3.63, 3.8) is 0 Å². The maximum Gasteiger partial charge on any atom is 0.234 e. The minimum Gasteiger partial charge on any atom is -0.436 e. The van der Waals surface area contributed by atoms with Crippen molar-refractivity contribution in [1.82, 2.24) is 4.98 Å². The van der Waals surface area contributed by atoms with Gasteiger partial charge in [0, 0.05) is 15.5 Å². The number of hydrogen-bond donors (Lipinski definition) is 1. The van der Waals surface area contributed by atoms with Gasteiger partial charge in [-0.3, -0.25) is 4.79 Å². The van der Waals surface area contributed by atoms with Crippen molar-refractivity contribution in [3.8, 4) is 11.5 Å². The monoisotopic (exact) mass is 428 g/mol. The largest absolute Gasteiger partial charge is 0.436 e. The lowest BCUT2D eigenvalue weighted by Gasteiger charge is -2.08. The van der Waals surface area contributed by atoms with Gasteiger partial charge in [0.15, 0.2) is 5.58 Å². The molecule has 3 aromatic carbocycles. The first kappa shape index (κ1) is 18.9. The summed E-state index contributed by atoms with van der Waals surface area (Å²) in [5, 5.41) is 3.96. The van der Waals surface area contributed by atoms with Crippen LogP contribution >= 0.6 is 35.0 Å². The van der Waals surface area contributed by atoms with Crippen LogP contribution in [-0.4, -0.2) is 16.6 Å². The maximum absolute atomic E-state index is 12.3. The Morgan fingerprint density at radius 2 is 1.82 bits per heavy atom. The van der Waals surface area contributed by atoms with Gasteiger partial charge in [0.1, 0.15) is 5.52 Å². The number of carbonyl (C=O) groups is 1. The normalized spacial score (nSPS) is 10.9. The number of oxazole rings is 1. The lowest BCUT2D eigenvalue weighted by atomic mass is 10.2. The second kappa shape index (κ2) is 8.27. The molecule has 0 saturated heterocycles. The molecule has 0 bridgehead atoms. The molecule has 1 heterocycles. The molecule has 4 rings (SSSR count). The Morgan fingerprint density at radius 3 is 2.61 bits per heavy atom. The van der Waals surface area contributed by atoms with E-state index < -0.39 is 0 Å². The molecule has 0 fully saturated rings. The van der Waals surface area contributed by atoms with Gasteiger partial charge in [0.05, 0.1) is 16.5 Å². The lowest BCUT2D eigenvalue weighted by molar-refractivity contribution is -0.113. The van der Waals surface area contributed by atoms with Crippen LogP contribution in [0.2, 0.25) is 10.0 Å². The fraction of sp³-hybridized carbons (Fsp3) is 0.0476. The SMILES string of the molecule is O=C(CSc1ccc(Cl)cc1)Nc1cc(-c2nc3ccccc3o2)ccc1Cl. The third-order valence-corrected chi connectivity index (χ3v) is 5.56. The zero-order valence-corrected chi connectivity index (χ0v) is 16.8. The molecule has 0 radical (unpaired) electrons. The summed E-state index contributed by atoms with van der Waals surface area (Å²) in [5.41, 5.74) is 2.74. The summed E-state index contributed by atoms with van der Waals surface area (Å²) in [7, 11) is 0. The van der Waals surface area contributed by atoms with Crippen LogP contribution in [0, 0.1) is 0 Å². The molecule has 0 saturated carbocycles. The molecular formula is C21H14Cl2N2O2S. The van der Waals surface area contributed by atoms with E-state index in [1.54, 1.807) is 24.3 Å². The number of para-hydroxylation sites is 2. The summed E-state index contributed by atoms with van der Waals surface area (Å²) < 4.78 is 5.79. The van der Waals surface area contributed by atoms with Gasteiger partial charge in [0.2, 0.25) is 11.8 Å². The van der Waals surface area contributed by atoms with E-state index in [1.807, 2.05) is 42.5 Å². The third kappa shape index (κ3) is 4.33. The Bertz CT molecular complexity index is 1110. The van der Waals surface area contributed by atoms with Crippen molar-refractivity contribution in [2.45, 2.75) is 4.90 Å². The Kier molecular flexibility index (Phi) is 5.57. The van der Waals surface area contributed by atoms with Gasteiger partial charge in [-0.25, -0.2) is 4.98 Å². The minimum absolute atomic E-state index is 0.156. The molecule has 4 aromatic rings. The number of benzene rings is 3. The highest BCUT2D eigenvalue weighted by atomic mass is 35.5. The molecule has 1 N–H and O–H groups in total. The van der Waals surface area contributed by atoms with Gasteiger partial charge in [-0.2, -0.15) is 0 Å². The van der Waals surface area contributed by atoms with E-state index in [2.05, 4.69) is 10.3 Å². The standard InChI is InChI=1S/C21H14Cl2N2O2S/c22-14-6-8-15(9-7-14)28-12-20(26)24-18-11-13(5-10-16(18)23)21-25-17-3-1-2-4-19(17)27-21/h1-11H,12H2,(H,24,26). The smallest absolute Gasteiger partial charge is 0.234 e. The zero-order valence-electron chi connectivity index (χ0n) is 14.5. The number of anilines is 1. The molecule has 0 unspecified atom stereocenters. The van der Waals surface area contributed by atoms with Gasteiger partial charge in [-0.1, -0.05) is 35.3 Å².